The van der Waals surface area contributed by atoms with Crippen LogP contribution in [0, 0.1) is 11.3 Å². The number of hydrogen-bond acceptors (Lipinski definition) is 6. The van der Waals surface area contributed by atoms with Gasteiger partial charge >= 0.3 is 0 Å². The number of carbonyl (C=O) groups excluding carboxylic acids is 5. The number of nitrogens with one attached hydrogen (secondary N) is 4. The van der Waals surface area contributed by atoms with Crippen molar-refractivity contribution in [2.75, 3.05) is 13.7 Å². The topological polar surface area (TPSA) is 143 Å². The Bertz CT molecular complexity index is 1080. The third kappa shape index (κ3) is 9.34. The first kappa shape index (κ1) is 31.1. The van der Waals surface area contributed by atoms with Gasteiger partial charge in [-0.2, -0.15) is 0 Å². The fourth-order valence-electron chi connectivity index (χ4n) is 4.97. The van der Waals surface area contributed by atoms with Gasteiger partial charge in [-0.3, -0.25) is 24.0 Å². The molecule has 40 heavy (non-hydrogen) atoms. The van der Waals surface area contributed by atoms with Gasteiger partial charge in [-0.15, -0.1) is 0 Å². The molecule has 0 aromatic heterocycles. The molecule has 1 heterocycles. The summed E-state index contributed by atoms with van der Waals surface area (Å²) in [6.45, 7) is 8.37. The summed E-state index contributed by atoms with van der Waals surface area (Å²) in [5.74, 6) is -2.35. The van der Waals surface area contributed by atoms with Crippen LogP contribution in [0.2, 0.25) is 0 Å². The SMILES string of the molecule is CC[C@H](CC(=O)N[C@@H](CC(C)(C)C)C(=O)NC(C[C@@H]1CCNC1=O)C(=O)C(=O)NC1CC1)c1ccc(OC)cc1. The van der Waals surface area contributed by atoms with E-state index < -0.39 is 35.6 Å². The van der Waals surface area contributed by atoms with Gasteiger partial charge in [0.05, 0.1) is 13.2 Å². The summed E-state index contributed by atoms with van der Waals surface area (Å²) in [4.78, 5) is 64.7. The van der Waals surface area contributed by atoms with Gasteiger partial charge in [0, 0.05) is 24.9 Å². The summed E-state index contributed by atoms with van der Waals surface area (Å²) in [5.41, 5.74) is 0.682. The highest BCUT2D eigenvalue weighted by Crippen LogP contribution is 2.27. The van der Waals surface area contributed by atoms with Crippen molar-refractivity contribution in [2.45, 2.75) is 96.7 Å². The van der Waals surface area contributed by atoms with Gasteiger partial charge in [0.15, 0.2) is 0 Å². The summed E-state index contributed by atoms with van der Waals surface area (Å²) in [6.07, 6.45) is 3.42. The van der Waals surface area contributed by atoms with E-state index in [1.165, 1.54) is 0 Å². The molecule has 10 nitrogen and oxygen atoms in total. The van der Waals surface area contributed by atoms with Crippen molar-refractivity contribution in [1.82, 2.24) is 21.3 Å². The van der Waals surface area contributed by atoms with Gasteiger partial charge < -0.3 is 26.0 Å². The van der Waals surface area contributed by atoms with Crippen molar-refractivity contribution in [3.05, 3.63) is 29.8 Å². The number of amides is 4. The van der Waals surface area contributed by atoms with Gasteiger partial charge in [0.1, 0.15) is 11.8 Å². The Kier molecular flexibility index (Phi) is 10.7. The van der Waals surface area contributed by atoms with Crippen LogP contribution >= 0.6 is 0 Å². The number of rotatable bonds is 14. The minimum atomic E-state index is -1.16. The average Bonchev–Trinajstić information content (AvgIpc) is 3.63. The van der Waals surface area contributed by atoms with E-state index in [9.17, 15) is 24.0 Å². The molecular formula is C30H44N4O6. The smallest absolute Gasteiger partial charge is 0.289 e. The summed E-state index contributed by atoms with van der Waals surface area (Å²) in [5, 5.41) is 11.0. The lowest BCUT2D eigenvalue weighted by molar-refractivity contribution is -0.141. The van der Waals surface area contributed by atoms with Crippen LogP contribution in [0.3, 0.4) is 0 Å². The van der Waals surface area contributed by atoms with Crippen molar-refractivity contribution in [2.24, 2.45) is 11.3 Å². The second kappa shape index (κ2) is 13.8. The molecule has 4 atom stereocenters. The lowest BCUT2D eigenvalue weighted by Crippen LogP contribution is -2.55. The van der Waals surface area contributed by atoms with E-state index in [0.717, 1.165) is 30.6 Å². The Labute approximate surface area is 236 Å². The second-order valence-corrected chi connectivity index (χ2v) is 12.2. The van der Waals surface area contributed by atoms with Crippen LogP contribution in [0.15, 0.2) is 24.3 Å². The van der Waals surface area contributed by atoms with Gasteiger partial charge in [0.2, 0.25) is 23.5 Å². The maximum absolute atomic E-state index is 13.6. The number of ketones is 1. The Morgan fingerprint density at radius 1 is 1.02 bits per heavy atom. The number of hydrogen-bond donors (Lipinski definition) is 4. The summed E-state index contributed by atoms with van der Waals surface area (Å²) >= 11 is 0. The average molecular weight is 557 g/mol. The van der Waals surface area contributed by atoms with Gasteiger partial charge in [-0.25, -0.2) is 0 Å². The summed E-state index contributed by atoms with van der Waals surface area (Å²) < 4.78 is 5.23. The highest BCUT2D eigenvalue weighted by Gasteiger charge is 2.37. The number of methoxy groups -OCH3 is 1. The van der Waals surface area contributed by atoms with E-state index in [4.69, 9.17) is 4.74 Å². The molecule has 3 rings (SSSR count). The maximum atomic E-state index is 13.6. The largest absolute Gasteiger partial charge is 0.497 e. The van der Waals surface area contributed by atoms with Crippen molar-refractivity contribution < 1.29 is 28.7 Å². The molecule has 1 saturated heterocycles. The number of ether oxygens (including phenoxy) is 1. The van der Waals surface area contributed by atoms with E-state index >= 15 is 0 Å². The number of Topliss-reactive ketones (excluding diaryl/α,β-unsaturated/α-hetero) is 1. The highest BCUT2D eigenvalue weighted by atomic mass is 16.5. The molecule has 10 heteroatoms. The van der Waals surface area contributed by atoms with Crippen LogP contribution in [0.4, 0.5) is 0 Å². The Morgan fingerprint density at radius 3 is 2.23 bits per heavy atom. The highest BCUT2D eigenvalue weighted by molar-refractivity contribution is 6.38. The van der Waals surface area contributed by atoms with Crippen LogP contribution in [-0.2, 0) is 24.0 Å². The minimum absolute atomic E-state index is 0.0206. The molecule has 1 aromatic rings. The van der Waals surface area contributed by atoms with Crippen molar-refractivity contribution in [3.63, 3.8) is 0 Å². The molecule has 1 aromatic carbocycles. The first-order valence-electron chi connectivity index (χ1n) is 14.3. The normalized spacial score (nSPS) is 19.1. The van der Waals surface area contributed by atoms with E-state index in [0.29, 0.717) is 19.4 Å². The van der Waals surface area contributed by atoms with E-state index in [-0.39, 0.29) is 42.0 Å². The monoisotopic (exact) mass is 556 g/mol. The molecule has 4 amide bonds. The minimum Gasteiger partial charge on any atom is -0.497 e. The van der Waals surface area contributed by atoms with Gasteiger partial charge in [-0.1, -0.05) is 39.8 Å². The first-order chi connectivity index (χ1) is 18.9. The van der Waals surface area contributed by atoms with Crippen molar-refractivity contribution in [1.29, 1.82) is 0 Å². The first-order valence-corrected chi connectivity index (χ1v) is 14.3. The Morgan fingerprint density at radius 2 is 1.70 bits per heavy atom. The predicted octanol–water partition coefficient (Wildman–Crippen LogP) is 2.36. The zero-order valence-corrected chi connectivity index (χ0v) is 24.3. The van der Waals surface area contributed by atoms with Gasteiger partial charge in [-0.05, 0) is 67.6 Å². The van der Waals surface area contributed by atoms with Crippen LogP contribution in [0.25, 0.3) is 0 Å². The zero-order valence-electron chi connectivity index (χ0n) is 24.3. The van der Waals surface area contributed by atoms with Crippen molar-refractivity contribution in [3.8, 4) is 5.75 Å². The molecule has 4 N–H and O–H groups in total. The molecule has 0 bridgehead atoms. The molecule has 2 fully saturated rings. The zero-order chi connectivity index (χ0) is 29.4. The van der Waals surface area contributed by atoms with E-state index in [1.807, 2.05) is 52.0 Å². The lowest BCUT2D eigenvalue weighted by Gasteiger charge is -2.29. The van der Waals surface area contributed by atoms with Crippen molar-refractivity contribution >= 4 is 29.4 Å². The number of benzene rings is 1. The molecule has 1 aliphatic heterocycles. The fourth-order valence-corrected chi connectivity index (χ4v) is 4.97. The molecule has 220 valence electrons. The third-order valence-corrected chi connectivity index (χ3v) is 7.43. The third-order valence-electron chi connectivity index (χ3n) is 7.43. The molecule has 0 spiro atoms. The summed E-state index contributed by atoms with van der Waals surface area (Å²) in [7, 11) is 1.60. The number of carbonyl (C=O) groups is 5. The fraction of sp³-hybridized carbons (Fsp3) is 0.633. The quantitative estimate of drug-likeness (QED) is 0.259. The molecular weight excluding hydrogens is 512 g/mol. The van der Waals surface area contributed by atoms with E-state index in [1.54, 1.807) is 7.11 Å². The van der Waals surface area contributed by atoms with Crippen LogP contribution in [0.1, 0.15) is 84.1 Å². The van der Waals surface area contributed by atoms with Crippen LogP contribution < -0.4 is 26.0 Å². The molecule has 2 aliphatic rings. The molecule has 1 unspecified atom stereocenters. The second-order valence-electron chi connectivity index (χ2n) is 12.2. The van der Waals surface area contributed by atoms with E-state index in [2.05, 4.69) is 21.3 Å². The Hall–Kier alpha value is -3.43. The Balaban J connectivity index is 1.72. The van der Waals surface area contributed by atoms with Gasteiger partial charge in [0.25, 0.3) is 5.91 Å². The molecule has 0 radical (unpaired) electrons. The van der Waals surface area contributed by atoms with Crippen LogP contribution in [-0.4, -0.2) is 61.2 Å². The lowest BCUT2D eigenvalue weighted by atomic mass is 9.87. The van der Waals surface area contributed by atoms with Crippen LogP contribution in [0.5, 0.6) is 5.75 Å². The summed E-state index contributed by atoms with van der Waals surface area (Å²) in [6, 6.07) is 5.47. The molecule has 1 aliphatic carbocycles. The molecule has 1 saturated carbocycles. The standard InChI is InChI=1S/C30H44N4O6/c1-6-18(19-7-11-22(40-5)12-8-19)16-25(35)33-24(17-30(2,3)4)28(38)34-23(15-20-13-14-31-27(20)37)26(36)29(39)32-21-9-10-21/h7-8,11-12,18,20-21,23-24H,6,9-10,13-17H2,1-5H3,(H,31,37)(H,32,39)(H,33,35)(H,34,38)/t18-,20+,23?,24+/m1/s1. The maximum Gasteiger partial charge on any atom is 0.289 e. The predicted molar refractivity (Wildman–Crippen MR) is 150 cm³/mol.